The summed E-state index contributed by atoms with van der Waals surface area (Å²) < 4.78 is 1.55. The predicted octanol–water partition coefficient (Wildman–Crippen LogP) is 1.70. The van der Waals surface area contributed by atoms with Crippen LogP contribution in [0.15, 0.2) is 35.1 Å². The van der Waals surface area contributed by atoms with Crippen molar-refractivity contribution in [3.05, 3.63) is 57.5 Å². The number of rotatable bonds is 3. The first-order valence-corrected chi connectivity index (χ1v) is 8.51. The molecule has 0 fully saturated rings. The van der Waals surface area contributed by atoms with Gasteiger partial charge in [0.1, 0.15) is 5.56 Å². The van der Waals surface area contributed by atoms with Gasteiger partial charge in [0, 0.05) is 24.0 Å². The van der Waals surface area contributed by atoms with E-state index in [0.29, 0.717) is 11.5 Å². The van der Waals surface area contributed by atoms with Crippen molar-refractivity contribution < 1.29 is 4.79 Å². The maximum atomic E-state index is 12.6. The van der Waals surface area contributed by atoms with Crippen LogP contribution in [0.4, 0.5) is 5.69 Å². The smallest absolute Gasteiger partial charge is 0.261 e. The number of amides is 1. The molecule has 0 atom stereocenters. The molecule has 1 aliphatic rings. The lowest BCUT2D eigenvalue weighted by Gasteiger charge is -2.16. The van der Waals surface area contributed by atoms with Crippen molar-refractivity contribution in [2.75, 3.05) is 5.32 Å². The van der Waals surface area contributed by atoms with E-state index < -0.39 is 5.91 Å². The maximum Gasteiger partial charge on any atom is 0.261 e. The number of aryl methyl sites for hydroxylation is 3. The van der Waals surface area contributed by atoms with E-state index in [1.54, 1.807) is 36.0 Å². The number of hydrogen-bond acceptors (Lipinski definition) is 5. The average Bonchev–Trinajstić information content (AvgIpc) is 3.07. The normalized spacial score (nSPS) is 13.3. The zero-order valence-corrected chi connectivity index (χ0v) is 14.3. The molecule has 2 aromatic heterocycles. The molecule has 8 nitrogen and oxygen atoms in total. The summed E-state index contributed by atoms with van der Waals surface area (Å²) in [5.41, 5.74) is 3.14. The average molecular weight is 350 g/mol. The molecule has 1 amide bonds. The van der Waals surface area contributed by atoms with Crippen molar-refractivity contribution in [2.45, 2.75) is 25.7 Å². The summed E-state index contributed by atoms with van der Waals surface area (Å²) in [5, 5.41) is 14.2. The molecular formula is C18H18N6O2. The molecule has 1 aliphatic carbocycles. The van der Waals surface area contributed by atoms with Crippen LogP contribution < -0.4 is 10.9 Å². The quantitative estimate of drug-likeness (QED) is 0.748. The van der Waals surface area contributed by atoms with Crippen molar-refractivity contribution in [1.29, 1.82) is 0 Å². The molecule has 0 spiro atoms. The van der Waals surface area contributed by atoms with E-state index in [-0.39, 0.29) is 11.1 Å². The number of benzene rings is 1. The fraction of sp³-hybridized carbons (Fsp3) is 0.278. The van der Waals surface area contributed by atoms with E-state index in [9.17, 15) is 9.59 Å². The molecule has 1 aromatic carbocycles. The number of nitrogens with one attached hydrogen (secondary N) is 2. The Kier molecular flexibility index (Phi) is 4.08. The van der Waals surface area contributed by atoms with Gasteiger partial charge in [-0.15, -0.1) is 5.10 Å². The van der Waals surface area contributed by atoms with Crippen molar-refractivity contribution in [3.8, 4) is 11.4 Å². The van der Waals surface area contributed by atoms with E-state index in [2.05, 4.69) is 25.8 Å². The number of nitrogens with zero attached hydrogens (tertiary/aromatic N) is 4. The number of anilines is 1. The Labute approximate surface area is 149 Å². The second-order valence-corrected chi connectivity index (χ2v) is 6.38. The summed E-state index contributed by atoms with van der Waals surface area (Å²) in [6.07, 6.45) is 3.90. The highest BCUT2D eigenvalue weighted by Crippen LogP contribution is 2.21. The summed E-state index contributed by atoms with van der Waals surface area (Å²) in [7, 11) is 1.74. The number of fused-ring (bicyclic) bond motifs is 1. The lowest BCUT2D eigenvalue weighted by Crippen LogP contribution is -2.26. The van der Waals surface area contributed by atoms with E-state index in [1.165, 1.54) is 0 Å². The van der Waals surface area contributed by atoms with Gasteiger partial charge in [0.2, 0.25) is 0 Å². The topological polar surface area (TPSA) is 106 Å². The molecule has 132 valence electrons. The molecule has 0 saturated heterocycles. The van der Waals surface area contributed by atoms with Crippen molar-refractivity contribution in [1.82, 2.24) is 25.2 Å². The molecule has 0 saturated carbocycles. The van der Waals surface area contributed by atoms with Gasteiger partial charge in [0.25, 0.3) is 11.5 Å². The van der Waals surface area contributed by atoms with Crippen LogP contribution in [0.5, 0.6) is 0 Å². The monoisotopic (exact) mass is 350 g/mol. The Balaban J connectivity index is 1.61. The third-order valence-electron chi connectivity index (χ3n) is 4.58. The van der Waals surface area contributed by atoms with Gasteiger partial charge >= 0.3 is 0 Å². The summed E-state index contributed by atoms with van der Waals surface area (Å²) in [6, 6.07) is 8.91. The zero-order chi connectivity index (χ0) is 18.1. The van der Waals surface area contributed by atoms with Crippen LogP contribution in [0.3, 0.4) is 0 Å². The molecule has 8 heteroatoms. The molecule has 2 heterocycles. The van der Waals surface area contributed by atoms with Crippen LogP contribution in [0, 0.1) is 0 Å². The highest BCUT2D eigenvalue weighted by Gasteiger charge is 2.17. The number of H-pyrrole nitrogens is 1. The third-order valence-corrected chi connectivity index (χ3v) is 4.58. The molecule has 4 rings (SSSR count). The van der Waals surface area contributed by atoms with E-state index in [1.807, 2.05) is 6.07 Å². The minimum atomic E-state index is -0.423. The fourth-order valence-electron chi connectivity index (χ4n) is 3.25. The number of aromatic amines is 1. The highest BCUT2D eigenvalue weighted by molar-refractivity contribution is 6.04. The number of hydrogen-bond donors (Lipinski definition) is 2. The van der Waals surface area contributed by atoms with Crippen LogP contribution in [-0.2, 0) is 19.9 Å². The highest BCUT2D eigenvalue weighted by atomic mass is 16.2. The molecule has 0 bridgehead atoms. The van der Waals surface area contributed by atoms with E-state index >= 15 is 0 Å². The second kappa shape index (κ2) is 6.55. The summed E-state index contributed by atoms with van der Waals surface area (Å²) >= 11 is 0. The Bertz CT molecular complexity index is 1040. The van der Waals surface area contributed by atoms with Crippen LogP contribution in [0.1, 0.15) is 34.5 Å². The van der Waals surface area contributed by atoms with E-state index in [4.69, 9.17) is 0 Å². The number of carbonyl (C=O) groups excluding carboxylic acids is 1. The number of pyridine rings is 1. The molecule has 0 unspecified atom stereocenters. The third kappa shape index (κ3) is 3.01. The largest absolute Gasteiger partial charge is 0.325 e. The molecule has 3 aromatic rings. The van der Waals surface area contributed by atoms with Crippen LogP contribution in [-0.4, -0.2) is 31.1 Å². The number of tetrazole rings is 1. The van der Waals surface area contributed by atoms with Gasteiger partial charge in [0.05, 0.1) is 0 Å². The Hall–Kier alpha value is -3.29. The number of aromatic nitrogens is 5. The molecule has 0 radical (unpaired) electrons. The molecular weight excluding hydrogens is 332 g/mol. The van der Waals surface area contributed by atoms with Crippen molar-refractivity contribution in [3.63, 3.8) is 0 Å². The Morgan fingerprint density at radius 1 is 1.23 bits per heavy atom. The van der Waals surface area contributed by atoms with Gasteiger partial charge in [-0.3, -0.25) is 9.59 Å². The van der Waals surface area contributed by atoms with Crippen LogP contribution >= 0.6 is 0 Å². The van der Waals surface area contributed by atoms with Crippen molar-refractivity contribution in [2.24, 2.45) is 7.05 Å². The van der Waals surface area contributed by atoms with Gasteiger partial charge in [-0.25, -0.2) is 4.68 Å². The molecule has 2 N–H and O–H groups in total. The summed E-state index contributed by atoms with van der Waals surface area (Å²) in [5.74, 6) is 0.167. The second-order valence-electron chi connectivity index (χ2n) is 6.38. The fourth-order valence-corrected chi connectivity index (χ4v) is 3.25. The lowest BCUT2D eigenvalue weighted by atomic mass is 9.95. The lowest BCUT2D eigenvalue weighted by molar-refractivity contribution is 0.102. The first-order valence-electron chi connectivity index (χ1n) is 8.51. The van der Waals surface area contributed by atoms with Crippen LogP contribution in [0.2, 0.25) is 0 Å². The van der Waals surface area contributed by atoms with E-state index in [0.717, 1.165) is 42.5 Å². The summed E-state index contributed by atoms with van der Waals surface area (Å²) in [4.78, 5) is 27.7. The molecule has 0 aliphatic heterocycles. The first-order chi connectivity index (χ1) is 12.6. The standard InChI is InChI=1S/C18H18N6O2/c1-24-16(21-22-23-24)12-6-4-7-13(9-12)19-17(25)14-10-11-5-2-3-8-15(11)20-18(14)26/h4,6-7,9-10H,2-3,5,8H2,1H3,(H,19,25)(H,20,26). The summed E-state index contributed by atoms with van der Waals surface area (Å²) in [6.45, 7) is 0. The predicted molar refractivity (Wildman–Crippen MR) is 95.9 cm³/mol. The maximum absolute atomic E-state index is 12.6. The van der Waals surface area contributed by atoms with Gasteiger partial charge in [-0.05, 0) is 59.9 Å². The number of carbonyl (C=O) groups is 1. The van der Waals surface area contributed by atoms with Gasteiger partial charge in [0.15, 0.2) is 5.82 Å². The zero-order valence-electron chi connectivity index (χ0n) is 14.3. The van der Waals surface area contributed by atoms with Gasteiger partial charge < -0.3 is 10.3 Å². The Morgan fingerprint density at radius 2 is 2.08 bits per heavy atom. The van der Waals surface area contributed by atoms with Crippen molar-refractivity contribution >= 4 is 11.6 Å². The first kappa shape index (κ1) is 16.2. The van der Waals surface area contributed by atoms with Crippen LogP contribution in [0.25, 0.3) is 11.4 Å². The minimum Gasteiger partial charge on any atom is -0.325 e. The minimum absolute atomic E-state index is 0.136. The molecule has 26 heavy (non-hydrogen) atoms. The Morgan fingerprint density at radius 3 is 2.88 bits per heavy atom. The SMILES string of the molecule is Cn1nnnc1-c1cccc(NC(=O)c2cc3c([nH]c2=O)CCCC3)c1. The van der Waals surface area contributed by atoms with Gasteiger partial charge in [-0.1, -0.05) is 12.1 Å². The van der Waals surface area contributed by atoms with Gasteiger partial charge in [-0.2, -0.15) is 0 Å².